The molecule has 0 fully saturated rings. The smallest absolute Gasteiger partial charge is 0.221 e. The predicted octanol–water partition coefficient (Wildman–Crippen LogP) is 2.03. The van der Waals surface area contributed by atoms with Crippen LogP contribution in [0, 0.1) is 6.92 Å². The van der Waals surface area contributed by atoms with Crippen molar-refractivity contribution < 1.29 is 9.47 Å². The van der Waals surface area contributed by atoms with E-state index in [0.717, 1.165) is 12.0 Å². The van der Waals surface area contributed by atoms with Gasteiger partial charge in [0.15, 0.2) is 0 Å². The monoisotopic (exact) mass is 230 g/mol. The van der Waals surface area contributed by atoms with Gasteiger partial charge in [0.1, 0.15) is 17.6 Å². The highest BCUT2D eigenvalue weighted by Crippen LogP contribution is 2.21. The summed E-state index contributed by atoms with van der Waals surface area (Å²) in [5, 5.41) is 0.453. The van der Waals surface area contributed by atoms with Crippen LogP contribution in [0.15, 0.2) is 0 Å². The third kappa shape index (κ3) is 3.32. The zero-order valence-corrected chi connectivity index (χ0v) is 9.97. The van der Waals surface area contributed by atoms with Crippen molar-refractivity contribution in [2.24, 2.45) is 0 Å². The van der Waals surface area contributed by atoms with Crippen LogP contribution in [0.1, 0.15) is 18.3 Å². The van der Waals surface area contributed by atoms with Gasteiger partial charge in [-0.25, -0.2) is 4.98 Å². The van der Waals surface area contributed by atoms with Crippen molar-refractivity contribution >= 4 is 11.6 Å². The van der Waals surface area contributed by atoms with Crippen LogP contribution in [0.4, 0.5) is 0 Å². The predicted molar refractivity (Wildman–Crippen MR) is 58.5 cm³/mol. The van der Waals surface area contributed by atoms with E-state index in [1.807, 2.05) is 13.8 Å². The summed E-state index contributed by atoms with van der Waals surface area (Å²) < 4.78 is 10.3. The van der Waals surface area contributed by atoms with Crippen LogP contribution in [0.3, 0.4) is 0 Å². The van der Waals surface area contributed by atoms with Crippen molar-refractivity contribution in [1.29, 1.82) is 0 Å². The Labute approximate surface area is 94.6 Å². The summed E-state index contributed by atoms with van der Waals surface area (Å²) >= 11 is 5.95. The van der Waals surface area contributed by atoms with Gasteiger partial charge in [-0.1, -0.05) is 18.5 Å². The maximum absolute atomic E-state index is 5.95. The Morgan fingerprint density at radius 1 is 1.27 bits per heavy atom. The van der Waals surface area contributed by atoms with E-state index in [0.29, 0.717) is 30.1 Å². The van der Waals surface area contributed by atoms with Gasteiger partial charge in [-0.2, -0.15) is 4.98 Å². The van der Waals surface area contributed by atoms with Crippen LogP contribution >= 0.6 is 11.6 Å². The highest BCUT2D eigenvalue weighted by Gasteiger charge is 2.09. The van der Waals surface area contributed by atoms with E-state index >= 15 is 0 Å². The molecule has 0 aliphatic carbocycles. The highest BCUT2D eigenvalue weighted by molar-refractivity contribution is 6.30. The van der Waals surface area contributed by atoms with E-state index in [9.17, 15) is 0 Å². The van der Waals surface area contributed by atoms with E-state index in [1.165, 1.54) is 0 Å². The molecule has 0 aliphatic rings. The van der Waals surface area contributed by atoms with Crippen LogP contribution < -0.4 is 4.74 Å². The van der Waals surface area contributed by atoms with Crippen molar-refractivity contribution in [2.45, 2.75) is 20.3 Å². The number of rotatable bonds is 5. The lowest BCUT2D eigenvalue weighted by molar-refractivity contribution is 0.143. The Hall–Kier alpha value is -0.870. The molecule has 1 aromatic rings. The number of methoxy groups -OCH3 is 1. The van der Waals surface area contributed by atoms with Gasteiger partial charge in [-0.05, 0) is 6.92 Å². The Balaban J connectivity index is 2.80. The molecular formula is C10H15ClN2O2. The Kier molecular flexibility index (Phi) is 4.78. The zero-order valence-electron chi connectivity index (χ0n) is 9.21. The van der Waals surface area contributed by atoms with E-state index < -0.39 is 0 Å². The second-order valence-corrected chi connectivity index (χ2v) is 3.41. The quantitative estimate of drug-likeness (QED) is 0.574. The van der Waals surface area contributed by atoms with Gasteiger partial charge in [0, 0.05) is 19.1 Å². The van der Waals surface area contributed by atoms with E-state index in [-0.39, 0.29) is 0 Å². The van der Waals surface area contributed by atoms with Gasteiger partial charge in [0.25, 0.3) is 0 Å². The summed E-state index contributed by atoms with van der Waals surface area (Å²) in [5.74, 6) is 1.24. The molecule has 1 aromatic heterocycles. The zero-order chi connectivity index (χ0) is 11.3. The summed E-state index contributed by atoms with van der Waals surface area (Å²) in [6, 6.07) is 0. The molecule has 4 nitrogen and oxygen atoms in total. The normalized spacial score (nSPS) is 10.4. The molecule has 84 valence electrons. The molecule has 0 amide bonds. The van der Waals surface area contributed by atoms with Crippen LogP contribution in [0.5, 0.6) is 5.88 Å². The topological polar surface area (TPSA) is 44.2 Å². The Morgan fingerprint density at radius 2 is 2.00 bits per heavy atom. The number of nitrogens with zero attached hydrogens (tertiary/aromatic N) is 2. The molecule has 0 aliphatic heterocycles. The summed E-state index contributed by atoms with van der Waals surface area (Å²) in [7, 11) is 1.63. The lowest BCUT2D eigenvalue weighted by atomic mass is 10.3. The molecule has 1 rings (SSSR count). The molecule has 1 heterocycles. The second-order valence-electron chi connectivity index (χ2n) is 3.06. The summed E-state index contributed by atoms with van der Waals surface area (Å²) in [5.41, 5.74) is 0.768. The molecule has 0 radical (unpaired) electrons. The fraction of sp³-hybridized carbons (Fsp3) is 0.600. The molecule has 0 saturated heterocycles. The van der Waals surface area contributed by atoms with Crippen LogP contribution in [-0.2, 0) is 11.2 Å². The lowest BCUT2D eigenvalue weighted by Crippen LogP contribution is -2.08. The molecule has 0 unspecified atom stereocenters. The largest absolute Gasteiger partial charge is 0.475 e. The fourth-order valence-electron chi connectivity index (χ4n) is 1.03. The van der Waals surface area contributed by atoms with Crippen molar-refractivity contribution in [3.05, 3.63) is 16.5 Å². The number of aryl methyl sites for hydroxylation is 1. The maximum Gasteiger partial charge on any atom is 0.221 e. The minimum absolute atomic E-state index is 0.453. The molecule has 0 aromatic carbocycles. The van der Waals surface area contributed by atoms with Crippen LogP contribution in [0.2, 0.25) is 5.15 Å². The van der Waals surface area contributed by atoms with E-state index in [1.54, 1.807) is 7.11 Å². The third-order valence-electron chi connectivity index (χ3n) is 1.93. The first-order valence-electron chi connectivity index (χ1n) is 4.83. The standard InChI is InChI=1S/C10H15ClN2O2/c1-4-8-12-9(11)7(2)10(13-8)15-6-5-14-3/h4-6H2,1-3H3. The highest BCUT2D eigenvalue weighted by atomic mass is 35.5. The maximum atomic E-state index is 5.95. The minimum atomic E-state index is 0.453. The van der Waals surface area contributed by atoms with E-state index in [2.05, 4.69) is 9.97 Å². The van der Waals surface area contributed by atoms with Crippen LogP contribution in [-0.4, -0.2) is 30.3 Å². The summed E-state index contributed by atoms with van der Waals surface area (Å²) in [6.07, 6.45) is 0.737. The average Bonchev–Trinajstić information content (AvgIpc) is 2.24. The summed E-state index contributed by atoms with van der Waals surface area (Å²) in [4.78, 5) is 8.37. The molecule has 0 atom stereocenters. The van der Waals surface area contributed by atoms with Gasteiger partial charge in [-0.15, -0.1) is 0 Å². The Bertz CT molecular complexity index is 331. The lowest BCUT2D eigenvalue weighted by Gasteiger charge is -2.09. The van der Waals surface area contributed by atoms with Crippen LogP contribution in [0.25, 0.3) is 0 Å². The number of aromatic nitrogens is 2. The first-order valence-corrected chi connectivity index (χ1v) is 5.21. The Morgan fingerprint density at radius 3 is 2.60 bits per heavy atom. The number of hydrogen-bond acceptors (Lipinski definition) is 4. The average molecular weight is 231 g/mol. The number of halogens is 1. The fourth-order valence-corrected chi connectivity index (χ4v) is 1.21. The van der Waals surface area contributed by atoms with Gasteiger partial charge in [0.2, 0.25) is 5.88 Å². The molecule has 15 heavy (non-hydrogen) atoms. The molecule has 5 heteroatoms. The van der Waals surface area contributed by atoms with Gasteiger partial charge >= 0.3 is 0 Å². The molecule has 0 bridgehead atoms. The number of ether oxygens (including phenoxy) is 2. The van der Waals surface area contributed by atoms with Crippen molar-refractivity contribution in [1.82, 2.24) is 9.97 Å². The van der Waals surface area contributed by atoms with Gasteiger partial charge in [-0.3, -0.25) is 0 Å². The molecule has 0 saturated carbocycles. The second kappa shape index (κ2) is 5.88. The first kappa shape index (κ1) is 12.2. The molecular weight excluding hydrogens is 216 g/mol. The molecule has 0 N–H and O–H groups in total. The van der Waals surface area contributed by atoms with Crippen molar-refractivity contribution in [3.8, 4) is 5.88 Å². The molecule has 0 spiro atoms. The number of hydrogen-bond donors (Lipinski definition) is 0. The van der Waals surface area contributed by atoms with Crippen molar-refractivity contribution in [3.63, 3.8) is 0 Å². The SMILES string of the molecule is CCc1nc(Cl)c(C)c(OCCOC)n1. The van der Waals surface area contributed by atoms with Crippen molar-refractivity contribution in [2.75, 3.05) is 20.3 Å². The van der Waals surface area contributed by atoms with Gasteiger partial charge < -0.3 is 9.47 Å². The summed E-state index contributed by atoms with van der Waals surface area (Å²) in [6.45, 7) is 4.81. The first-order chi connectivity index (χ1) is 7.19. The third-order valence-corrected chi connectivity index (χ3v) is 2.30. The van der Waals surface area contributed by atoms with E-state index in [4.69, 9.17) is 21.1 Å². The minimum Gasteiger partial charge on any atom is -0.475 e. The van der Waals surface area contributed by atoms with Gasteiger partial charge in [0.05, 0.1) is 6.61 Å².